The van der Waals surface area contributed by atoms with Gasteiger partial charge in [-0.25, -0.2) is 0 Å². The van der Waals surface area contributed by atoms with Gasteiger partial charge in [0.05, 0.1) is 5.56 Å². The van der Waals surface area contributed by atoms with E-state index < -0.39 is 18.9 Å². The fourth-order valence-electron chi connectivity index (χ4n) is 1.35. The maximum atomic E-state index is 12.9. The summed E-state index contributed by atoms with van der Waals surface area (Å²) in [6, 6.07) is 3.33. The molecule has 0 aliphatic rings. The molecule has 0 aliphatic carbocycles. The molecule has 0 atom stereocenters. The number of alkyl halides is 3. The van der Waals surface area contributed by atoms with Gasteiger partial charge in [-0.2, -0.15) is 13.2 Å². The van der Waals surface area contributed by atoms with Crippen molar-refractivity contribution < 1.29 is 23.2 Å². The van der Waals surface area contributed by atoms with Gasteiger partial charge in [-0.15, -0.1) is 11.8 Å². The number of hydrogen-bond acceptors (Lipinski definition) is 3. The van der Waals surface area contributed by atoms with Crippen LogP contribution in [0, 0.1) is 0 Å². The maximum Gasteiger partial charge on any atom is 0.488 e. The van der Waals surface area contributed by atoms with Crippen LogP contribution in [0.5, 0.6) is 0 Å². The zero-order valence-corrected chi connectivity index (χ0v) is 11.1. The molecule has 0 aromatic heterocycles. The van der Waals surface area contributed by atoms with E-state index in [4.69, 9.17) is 10.0 Å². The van der Waals surface area contributed by atoms with Crippen LogP contribution in [0.1, 0.15) is 26.3 Å². The Morgan fingerprint density at radius 2 is 1.67 bits per heavy atom. The average molecular weight is 278 g/mol. The van der Waals surface area contributed by atoms with E-state index in [9.17, 15) is 13.2 Å². The highest BCUT2D eigenvalue weighted by Crippen LogP contribution is 2.40. The summed E-state index contributed by atoms with van der Waals surface area (Å²) in [5.41, 5.74) is -1.01. The molecule has 0 spiro atoms. The highest BCUT2D eigenvalue weighted by Gasteiger charge is 2.35. The van der Waals surface area contributed by atoms with Gasteiger partial charge in [0.15, 0.2) is 0 Å². The fourth-order valence-corrected chi connectivity index (χ4v) is 2.43. The third-order valence-electron chi connectivity index (χ3n) is 2.02. The lowest BCUT2D eigenvalue weighted by Crippen LogP contribution is -2.31. The number of hydrogen-bond donors (Lipinski definition) is 2. The predicted molar refractivity (Wildman–Crippen MR) is 66.9 cm³/mol. The Morgan fingerprint density at radius 3 is 2.06 bits per heavy atom. The van der Waals surface area contributed by atoms with Crippen LogP contribution in [0.2, 0.25) is 0 Å². The molecule has 1 aromatic carbocycles. The van der Waals surface area contributed by atoms with Crippen molar-refractivity contribution in [3.8, 4) is 0 Å². The van der Waals surface area contributed by atoms with E-state index in [1.165, 1.54) is 12.1 Å². The first-order valence-electron chi connectivity index (χ1n) is 5.27. The minimum atomic E-state index is -4.52. The molecule has 18 heavy (non-hydrogen) atoms. The van der Waals surface area contributed by atoms with Gasteiger partial charge in [0.2, 0.25) is 0 Å². The lowest BCUT2D eigenvalue weighted by Gasteiger charge is -2.21. The van der Waals surface area contributed by atoms with Gasteiger partial charge in [-0.1, -0.05) is 26.8 Å². The van der Waals surface area contributed by atoms with Crippen molar-refractivity contribution >= 4 is 24.3 Å². The number of halogens is 3. The van der Waals surface area contributed by atoms with Crippen LogP contribution in [-0.4, -0.2) is 21.9 Å². The van der Waals surface area contributed by atoms with E-state index in [1.54, 1.807) is 0 Å². The van der Waals surface area contributed by atoms with Crippen molar-refractivity contribution in [2.75, 3.05) is 0 Å². The summed E-state index contributed by atoms with van der Waals surface area (Å²) in [6.07, 6.45) is -4.52. The summed E-state index contributed by atoms with van der Waals surface area (Å²) in [4.78, 5) is 0.0828. The Kier molecular flexibility index (Phi) is 4.40. The van der Waals surface area contributed by atoms with Crippen LogP contribution >= 0.6 is 11.8 Å². The molecule has 0 saturated carbocycles. The molecule has 100 valence electrons. The molecule has 0 amide bonds. The maximum absolute atomic E-state index is 12.9. The molecule has 2 N–H and O–H groups in total. The first kappa shape index (κ1) is 15.4. The Labute approximate surface area is 108 Å². The van der Waals surface area contributed by atoms with Crippen LogP contribution in [-0.2, 0) is 6.18 Å². The standard InChI is InChI=1S/C11H14BF3O2S/c1-10(2,3)18-9-5-4-7(12(16)17)6-8(9)11(13,14)15/h4-6,16-17H,1-3H3. The van der Waals surface area contributed by atoms with Crippen LogP contribution in [0.3, 0.4) is 0 Å². The Bertz CT molecular complexity index is 427. The number of thioether (sulfide) groups is 1. The summed E-state index contributed by atoms with van der Waals surface area (Å²) in [5.74, 6) is 0. The molecule has 1 rings (SSSR count). The third-order valence-corrected chi connectivity index (χ3v) is 3.21. The quantitative estimate of drug-likeness (QED) is 0.644. The molecule has 0 saturated heterocycles. The van der Waals surface area contributed by atoms with Crippen molar-refractivity contribution in [1.29, 1.82) is 0 Å². The van der Waals surface area contributed by atoms with Gasteiger partial charge in [0, 0.05) is 9.64 Å². The van der Waals surface area contributed by atoms with Gasteiger partial charge in [-0.3, -0.25) is 0 Å². The molecule has 1 aromatic rings. The summed E-state index contributed by atoms with van der Waals surface area (Å²) < 4.78 is 38.3. The van der Waals surface area contributed by atoms with Crippen LogP contribution in [0.4, 0.5) is 13.2 Å². The van der Waals surface area contributed by atoms with Crippen LogP contribution in [0.15, 0.2) is 23.1 Å². The van der Waals surface area contributed by atoms with Crippen molar-refractivity contribution in [3.05, 3.63) is 23.8 Å². The normalized spacial score (nSPS) is 12.7. The second-order valence-corrected chi connectivity index (χ2v) is 6.71. The summed E-state index contributed by atoms with van der Waals surface area (Å²) in [6.45, 7) is 5.44. The first-order valence-corrected chi connectivity index (χ1v) is 6.08. The van der Waals surface area contributed by atoms with E-state index in [2.05, 4.69) is 0 Å². The molecule has 0 fully saturated rings. The van der Waals surface area contributed by atoms with Crippen molar-refractivity contribution in [1.82, 2.24) is 0 Å². The monoisotopic (exact) mass is 278 g/mol. The number of rotatable bonds is 2. The van der Waals surface area contributed by atoms with Crippen LogP contribution in [0.25, 0.3) is 0 Å². The van der Waals surface area contributed by atoms with Crippen molar-refractivity contribution in [2.24, 2.45) is 0 Å². The average Bonchev–Trinajstić information content (AvgIpc) is 2.13. The van der Waals surface area contributed by atoms with E-state index in [1.807, 2.05) is 20.8 Å². The fraction of sp³-hybridized carbons (Fsp3) is 0.455. The SMILES string of the molecule is CC(C)(C)Sc1ccc(B(O)O)cc1C(F)(F)F. The molecule has 0 unspecified atom stereocenters. The van der Waals surface area contributed by atoms with E-state index in [-0.39, 0.29) is 15.1 Å². The lowest BCUT2D eigenvalue weighted by molar-refractivity contribution is -0.139. The Morgan fingerprint density at radius 1 is 1.11 bits per heavy atom. The topological polar surface area (TPSA) is 40.5 Å². The second kappa shape index (κ2) is 5.15. The van der Waals surface area contributed by atoms with Crippen LogP contribution < -0.4 is 5.46 Å². The minimum absolute atomic E-state index is 0.0828. The summed E-state index contributed by atoms with van der Waals surface area (Å²) >= 11 is 1.09. The molecule has 0 bridgehead atoms. The molecule has 7 heteroatoms. The third kappa shape index (κ3) is 4.22. The zero-order valence-electron chi connectivity index (χ0n) is 10.2. The molecule has 0 heterocycles. The van der Waals surface area contributed by atoms with E-state index in [0.29, 0.717) is 0 Å². The van der Waals surface area contributed by atoms with E-state index >= 15 is 0 Å². The molecular formula is C11H14BF3O2S. The molecular weight excluding hydrogens is 264 g/mol. The van der Waals surface area contributed by atoms with Gasteiger partial charge >= 0.3 is 13.3 Å². The summed E-state index contributed by atoms with van der Waals surface area (Å²) in [5, 5.41) is 17.8. The molecule has 0 aliphatic heterocycles. The Hall–Kier alpha value is -0.655. The van der Waals surface area contributed by atoms with E-state index in [0.717, 1.165) is 17.8 Å². The zero-order chi connectivity index (χ0) is 14.1. The largest absolute Gasteiger partial charge is 0.488 e. The van der Waals surface area contributed by atoms with Crippen molar-refractivity contribution in [3.63, 3.8) is 0 Å². The first-order chi connectivity index (χ1) is 8.00. The Balaban J connectivity index is 3.26. The smallest absolute Gasteiger partial charge is 0.423 e. The predicted octanol–water partition coefficient (Wildman–Crippen LogP) is 2.28. The molecule has 0 radical (unpaired) electrons. The van der Waals surface area contributed by atoms with Gasteiger partial charge in [0.1, 0.15) is 0 Å². The minimum Gasteiger partial charge on any atom is -0.423 e. The van der Waals surface area contributed by atoms with Gasteiger partial charge in [0.25, 0.3) is 0 Å². The van der Waals surface area contributed by atoms with Crippen molar-refractivity contribution in [2.45, 2.75) is 36.6 Å². The second-order valence-electron chi connectivity index (χ2n) is 4.84. The highest BCUT2D eigenvalue weighted by atomic mass is 32.2. The number of benzene rings is 1. The lowest BCUT2D eigenvalue weighted by atomic mass is 9.79. The summed E-state index contributed by atoms with van der Waals surface area (Å²) in [7, 11) is -1.90. The molecule has 2 nitrogen and oxygen atoms in total. The highest BCUT2D eigenvalue weighted by molar-refractivity contribution is 8.00. The van der Waals surface area contributed by atoms with Gasteiger partial charge in [-0.05, 0) is 17.6 Å². The van der Waals surface area contributed by atoms with Gasteiger partial charge < -0.3 is 10.0 Å².